The van der Waals surface area contributed by atoms with Crippen LogP contribution >= 0.6 is 11.6 Å². The minimum Gasteiger partial charge on any atom is -0.496 e. The Labute approximate surface area is 121 Å². The lowest BCUT2D eigenvalue weighted by Crippen LogP contribution is -2.16. The highest BCUT2D eigenvalue weighted by molar-refractivity contribution is 6.30. The molecule has 0 aromatic heterocycles. The molecule has 0 radical (unpaired) electrons. The van der Waals surface area contributed by atoms with Crippen molar-refractivity contribution in [2.24, 2.45) is 5.73 Å². The van der Waals surface area contributed by atoms with Crippen LogP contribution in [0.1, 0.15) is 17.2 Å². The third-order valence-corrected chi connectivity index (χ3v) is 3.31. The van der Waals surface area contributed by atoms with E-state index in [1.54, 1.807) is 18.2 Å². The summed E-state index contributed by atoms with van der Waals surface area (Å²) in [6.45, 7) is 0. The molecule has 0 heterocycles. The number of halogens is 3. The quantitative estimate of drug-likeness (QED) is 0.930. The molecule has 0 fully saturated rings. The van der Waals surface area contributed by atoms with Gasteiger partial charge in [0, 0.05) is 22.2 Å². The minimum absolute atomic E-state index is 0.0230. The van der Waals surface area contributed by atoms with Gasteiger partial charge >= 0.3 is 0 Å². The monoisotopic (exact) mass is 297 g/mol. The first kappa shape index (κ1) is 14.8. The lowest BCUT2D eigenvalue weighted by molar-refractivity contribution is 0.404. The Kier molecular flexibility index (Phi) is 4.57. The third kappa shape index (κ3) is 3.08. The highest BCUT2D eigenvalue weighted by Crippen LogP contribution is 2.30. The fourth-order valence-corrected chi connectivity index (χ4v) is 2.23. The molecular weight excluding hydrogens is 284 g/mol. The standard InChI is InChI=1S/C15H14ClF2NO/c1-20-15-6-5-9(16)7-11(15)14(19)8-10-12(17)3-2-4-13(10)18/h2-7,14H,8,19H2,1H3. The van der Waals surface area contributed by atoms with Crippen molar-refractivity contribution in [2.45, 2.75) is 12.5 Å². The number of hydrogen-bond acceptors (Lipinski definition) is 2. The molecule has 106 valence electrons. The highest BCUT2D eigenvalue weighted by Gasteiger charge is 2.17. The summed E-state index contributed by atoms with van der Waals surface area (Å²) in [4.78, 5) is 0. The Hall–Kier alpha value is -1.65. The van der Waals surface area contributed by atoms with Gasteiger partial charge in [-0.25, -0.2) is 8.78 Å². The number of ether oxygens (including phenoxy) is 1. The second-order valence-electron chi connectivity index (χ2n) is 4.40. The Morgan fingerprint density at radius 1 is 1.20 bits per heavy atom. The van der Waals surface area contributed by atoms with Crippen LogP contribution in [-0.2, 0) is 6.42 Å². The third-order valence-electron chi connectivity index (χ3n) is 3.08. The summed E-state index contributed by atoms with van der Waals surface area (Å²) in [7, 11) is 1.50. The van der Waals surface area contributed by atoms with Gasteiger partial charge in [-0.15, -0.1) is 0 Å². The molecule has 20 heavy (non-hydrogen) atoms. The molecule has 0 aliphatic rings. The molecule has 0 spiro atoms. The molecule has 5 heteroatoms. The maximum atomic E-state index is 13.6. The zero-order chi connectivity index (χ0) is 14.7. The van der Waals surface area contributed by atoms with E-state index >= 15 is 0 Å². The predicted octanol–water partition coefficient (Wildman–Crippen LogP) is 3.87. The highest BCUT2D eigenvalue weighted by atomic mass is 35.5. The van der Waals surface area contributed by atoms with Gasteiger partial charge < -0.3 is 10.5 Å². The number of hydrogen-bond donors (Lipinski definition) is 1. The predicted molar refractivity (Wildman–Crippen MR) is 75.0 cm³/mol. The Morgan fingerprint density at radius 2 is 1.85 bits per heavy atom. The Bertz CT molecular complexity index is 599. The first-order valence-electron chi connectivity index (χ1n) is 6.05. The molecule has 0 saturated heterocycles. The van der Waals surface area contributed by atoms with E-state index < -0.39 is 17.7 Å². The zero-order valence-corrected chi connectivity index (χ0v) is 11.6. The van der Waals surface area contributed by atoms with Crippen LogP contribution in [0.2, 0.25) is 5.02 Å². The van der Waals surface area contributed by atoms with Crippen LogP contribution in [0.25, 0.3) is 0 Å². The summed E-state index contributed by atoms with van der Waals surface area (Å²) in [5.41, 5.74) is 6.61. The molecular formula is C15H14ClF2NO. The van der Waals surface area contributed by atoms with Crippen LogP contribution in [0.4, 0.5) is 8.78 Å². The van der Waals surface area contributed by atoms with Crippen molar-refractivity contribution in [1.29, 1.82) is 0 Å². The summed E-state index contributed by atoms with van der Waals surface area (Å²) in [6, 6.07) is 8.11. The van der Waals surface area contributed by atoms with Gasteiger partial charge in [-0.1, -0.05) is 17.7 Å². The topological polar surface area (TPSA) is 35.2 Å². The van der Waals surface area contributed by atoms with E-state index in [1.807, 2.05) is 0 Å². The maximum absolute atomic E-state index is 13.6. The van der Waals surface area contributed by atoms with E-state index in [2.05, 4.69) is 0 Å². The van der Waals surface area contributed by atoms with Crippen LogP contribution in [0.15, 0.2) is 36.4 Å². The van der Waals surface area contributed by atoms with E-state index in [-0.39, 0.29) is 12.0 Å². The average Bonchev–Trinajstić information content (AvgIpc) is 2.43. The molecule has 1 unspecified atom stereocenters. The normalized spacial score (nSPS) is 12.2. The number of benzene rings is 2. The van der Waals surface area contributed by atoms with Crippen molar-refractivity contribution >= 4 is 11.6 Å². The van der Waals surface area contributed by atoms with Crippen LogP contribution in [0.3, 0.4) is 0 Å². The first-order chi connectivity index (χ1) is 9.52. The SMILES string of the molecule is COc1ccc(Cl)cc1C(N)Cc1c(F)cccc1F. The smallest absolute Gasteiger partial charge is 0.129 e. The zero-order valence-electron chi connectivity index (χ0n) is 10.9. The summed E-state index contributed by atoms with van der Waals surface area (Å²) in [6.07, 6.45) is 0.0230. The maximum Gasteiger partial charge on any atom is 0.129 e. The molecule has 0 amide bonds. The fourth-order valence-electron chi connectivity index (χ4n) is 2.05. The molecule has 0 bridgehead atoms. The lowest BCUT2D eigenvalue weighted by atomic mass is 9.98. The van der Waals surface area contributed by atoms with Gasteiger partial charge in [0.25, 0.3) is 0 Å². The van der Waals surface area contributed by atoms with Crippen molar-refractivity contribution in [3.8, 4) is 5.75 Å². The van der Waals surface area contributed by atoms with Gasteiger partial charge in [0.1, 0.15) is 17.4 Å². The van der Waals surface area contributed by atoms with Gasteiger partial charge in [0.05, 0.1) is 7.11 Å². The van der Waals surface area contributed by atoms with E-state index in [0.29, 0.717) is 16.3 Å². The Balaban J connectivity index is 2.33. The molecule has 2 aromatic carbocycles. The van der Waals surface area contributed by atoms with Crippen molar-refractivity contribution in [3.05, 3.63) is 64.2 Å². The van der Waals surface area contributed by atoms with Crippen LogP contribution < -0.4 is 10.5 Å². The molecule has 2 N–H and O–H groups in total. The van der Waals surface area contributed by atoms with E-state index in [4.69, 9.17) is 22.1 Å². The van der Waals surface area contributed by atoms with Crippen LogP contribution in [0, 0.1) is 11.6 Å². The summed E-state index contributed by atoms with van der Waals surface area (Å²) >= 11 is 5.92. The van der Waals surface area contributed by atoms with Crippen molar-refractivity contribution in [1.82, 2.24) is 0 Å². The van der Waals surface area contributed by atoms with Gasteiger partial charge in [-0.05, 0) is 36.8 Å². The van der Waals surface area contributed by atoms with Crippen LogP contribution in [-0.4, -0.2) is 7.11 Å². The Morgan fingerprint density at radius 3 is 2.45 bits per heavy atom. The van der Waals surface area contributed by atoms with Crippen molar-refractivity contribution in [3.63, 3.8) is 0 Å². The number of nitrogens with two attached hydrogens (primary N) is 1. The molecule has 2 aromatic rings. The van der Waals surface area contributed by atoms with E-state index in [9.17, 15) is 8.78 Å². The second kappa shape index (κ2) is 6.20. The fraction of sp³-hybridized carbons (Fsp3) is 0.200. The van der Waals surface area contributed by atoms with Gasteiger partial charge in [0.15, 0.2) is 0 Å². The number of rotatable bonds is 4. The average molecular weight is 298 g/mol. The van der Waals surface area contributed by atoms with Crippen molar-refractivity contribution < 1.29 is 13.5 Å². The lowest BCUT2D eigenvalue weighted by Gasteiger charge is -2.17. The minimum atomic E-state index is -0.616. The summed E-state index contributed by atoms with van der Waals surface area (Å²) < 4.78 is 32.5. The second-order valence-corrected chi connectivity index (χ2v) is 4.83. The molecule has 0 saturated carbocycles. The summed E-state index contributed by atoms with van der Waals surface area (Å²) in [5.74, 6) is -0.679. The molecule has 1 atom stereocenters. The van der Waals surface area contributed by atoms with Gasteiger partial charge in [-0.3, -0.25) is 0 Å². The van der Waals surface area contributed by atoms with Crippen LogP contribution in [0.5, 0.6) is 5.75 Å². The largest absolute Gasteiger partial charge is 0.496 e. The first-order valence-corrected chi connectivity index (χ1v) is 6.42. The molecule has 2 nitrogen and oxygen atoms in total. The summed E-state index contributed by atoms with van der Waals surface area (Å²) in [5, 5.41) is 0.491. The van der Waals surface area contributed by atoms with E-state index in [0.717, 1.165) is 0 Å². The van der Waals surface area contributed by atoms with Crippen molar-refractivity contribution in [2.75, 3.05) is 7.11 Å². The van der Waals surface area contributed by atoms with Gasteiger partial charge in [0.2, 0.25) is 0 Å². The number of methoxy groups -OCH3 is 1. The molecule has 0 aliphatic heterocycles. The van der Waals surface area contributed by atoms with Gasteiger partial charge in [-0.2, -0.15) is 0 Å². The molecule has 2 rings (SSSR count). The molecule has 0 aliphatic carbocycles. The van der Waals surface area contributed by atoms with E-state index in [1.165, 1.54) is 25.3 Å².